The molecule has 2 aromatic carbocycles. The van der Waals surface area contributed by atoms with Crippen molar-refractivity contribution in [2.75, 3.05) is 11.5 Å². The van der Waals surface area contributed by atoms with Gasteiger partial charge in [-0.2, -0.15) is 10.5 Å². The van der Waals surface area contributed by atoms with Gasteiger partial charge >= 0.3 is 0 Å². The molecule has 0 fully saturated rings. The molecule has 0 bridgehead atoms. The second-order valence-electron chi connectivity index (χ2n) is 17.1. The van der Waals surface area contributed by atoms with Crippen LogP contribution in [0.25, 0.3) is 0 Å². The van der Waals surface area contributed by atoms with E-state index in [9.17, 15) is 10.5 Å². The van der Waals surface area contributed by atoms with Gasteiger partial charge in [-0.05, 0) is 55.0 Å². The first-order valence-corrected chi connectivity index (χ1v) is 24.9. The van der Waals surface area contributed by atoms with E-state index in [2.05, 4.69) is 132 Å². The van der Waals surface area contributed by atoms with Crippen LogP contribution < -0.4 is 0 Å². The predicted molar refractivity (Wildman–Crippen MR) is 247 cm³/mol. The summed E-state index contributed by atoms with van der Waals surface area (Å²) in [6.45, 7) is 27.8. The molecule has 2 aliphatic rings. The minimum atomic E-state index is 0.0832. The van der Waals surface area contributed by atoms with Crippen LogP contribution in [0.1, 0.15) is 129 Å². The number of nitrogens with zero attached hydrogens (tertiary/aromatic N) is 2. The summed E-state index contributed by atoms with van der Waals surface area (Å²) >= 11 is 15.1. The Labute approximate surface area is 349 Å². The average Bonchev–Trinajstić information content (AvgIpc) is 3.65. The molecular formula is C42H54N2S8. The second kappa shape index (κ2) is 18.6. The van der Waals surface area contributed by atoms with Gasteiger partial charge in [0.05, 0.1) is 37.6 Å². The SMILES string of the molecule is CC(C)(C)c1cc(CSC2=C(SCc3cc(C(C)(C)C)cc(C(C)(C)C)c3)SC(=C3SC(SCCC#N)=C(SCCC#N)S3)S2)cc(C(C)(C)C)c1. The number of nitriles is 2. The van der Waals surface area contributed by atoms with E-state index in [1.165, 1.54) is 58.8 Å². The Balaban J connectivity index is 1.67. The molecule has 280 valence electrons. The lowest BCUT2D eigenvalue weighted by Gasteiger charge is -2.26. The maximum atomic E-state index is 9.19. The molecule has 4 rings (SSSR count). The van der Waals surface area contributed by atoms with Gasteiger partial charge in [-0.3, -0.25) is 0 Å². The second-order valence-corrected chi connectivity index (χ2v) is 26.9. The lowest BCUT2D eigenvalue weighted by atomic mass is 9.80. The van der Waals surface area contributed by atoms with Crippen LogP contribution in [-0.4, -0.2) is 11.5 Å². The fourth-order valence-corrected chi connectivity index (χ4v) is 16.7. The molecule has 0 amide bonds. The third-order valence-electron chi connectivity index (χ3n) is 8.33. The largest absolute Gasteiger partial charge is 0.198 e. The zero-order valence-corrected chi connectivity index (χ0v) is 39.4. The van der Waals surface area contributed by atoms with Crippen LogP contribution in [0.4, 0.5) is 0 Å². The summed E-state index contributed by atoms with van der Waals surface area (Å²) in [5.74, 6) is 3.44. The number of benzene rings is 2. The Morgan fingerprint density at radius 1 is 0.442 bits per heavy atom. The van der Waals surface area contributed by atoms with Gasteiger partial charge < -0.3 is 0 Å². The van der Waals surface area contributed by atoms with Crippen molar-refractivity contribution in [3.8, 4) is 12.1 Å². The average molecular weight is 843 g/mol. The topological polar surface area (TPSA) is 47.6 Å². The Hall–Kier alpha value is -0.560. The third-order valence-corrected chi connectivity index (χ3v) is 20.0. The number of hydrogen-bond acceptors (Lipinski definition) is 10. The van der Waals surface area contributed by atoms with Crippen LogP contribution in [0.5, 0.6) is 0 Å². The fraction of sp³-hybridized carbons (Fsp3) is 0.524. The molecule has 2 aromatic rings. The third kappa shape index (κ3) is 12.7. The van der Waals surface area contributed by atoms with Gasteiger partial charge in [0, 0.05) is 35.9 Å². The van der Waals surface area contributed by atoms with Crippen LogP contribution in [0.15, 0.2) is 61.8 Å². The van der Waals surface area contributed by atoms with Crippen molar-refractivity contribution >= 4 is 94.1 Å². The normalized spacial score (nSPS) is 15.9. The molecule has 0 N–H and O–H groups in total. The van der Waals surface area contributed by atoms with Crippen molar-refractivity contribution < 1.29 is 0 Å². The molecular weight excluding hydrogens is 789 g/mol. The first-order chi connectivity index (χ1) is 24.2. The highest BCUT2D eigenvalue weighted by molar-refractivity contribution is 8.45. The van der Waals surface area contributed by atoms with E-state index in [1.807, 2.05) is 70.6 Å². The van der Waals surface area contributed by atoms with Crippen LogP contribution in [0.3, 0.4) is 0 Å². The lowest BCUT2D eigenvalue weighted by Crippen LogP contribution is -2.17. The molecule has 52 heavy (non-hydrogen) atoms. The molecule has 0 unspecified atom stereocenters. The molecule has 0 atom stereocenters. The lowest BCUT2D eigenvalue weighted by molar-refractivity contribution is 0.567. The summed E-state index contributed by atoms with van der Waals surface area (Å²) in [4.78, 5) is 0. The minimum absolute atomic E-state index is 0.0832. The quantitative estimate of drug-likeness (QED) is 0.193. The van der Waals surface area contributed by atoms with Crippen LogP contribution in [0.2, 0.25) is 0 Å². The van der Waals surface area contributed by atoms with E-state index in [1.54, 1.807) is 23.5 Å². The van der Waals surface area contributed by atoms with E-state index < -0.39 is 0 Å². The number of rotatable bonds is 12. The molecule has 0 aliphatic carbocycles. The summed E-state index contributed by atoms with van der Waals surface area (Å²) in [5, 5.41) is 18.4. The van der Waals surface area contributed by atoms with Crippen molar-refractivity contribution in [2.45, 2.75) is 129 Å². The molecule has 0 spiro atoms. The fourth-order valence-electron chi connectivity index (χ4n) is 5.02. The van der Waals surface area contributed by atoms with Gasteiger partial charge in [-0.25, -0.2) is 0 Å². The Bertz CT molecular complexity index is 1600. The minimum Gasteiger partial charge on any atom is -0.198 e. The van der Waals surface area contributed by atoms with Crippen molar-refractivity contribution in [1.82, 2.24) is 0 Å². The maximum absolute atomic E-state index is 9.19. The zero-order chi connectivity index (χ0) is 38.5. The standard InChI is InChI=1S/C42H54N2S8/c1-39(2,3)29-19-27(20-30(23-29)40(4,5)6)25-47-35-36(48-26-28-21-31(41(7,8)9)24-32(22-28)42(10,11)12)52-38(51-35)37-49-33(45-17-13-15-43)34(50-37)46-18-14-16-44/h19-24H,13-14,17-18,25-26H2,1-12H3. The van der Waals surface area contributed by atoms with Gasteiger partial charge in [0.25, 0.3) is 0 Å². The van der Waals surface area contributed by atoms with Crippen molar-refractivity contribution in [2.24, 2.45) is 0 Å². The van der Waals surface area contributed by atoms with Gasteiger partial charge in [0.2, 0.25) is 0 Å². The van der Waals surface area contributed by atoms with Gasteiger partial charge in [0.15, 0.2) is 0 Å². The monoisotopic (exact) mass is 842 g/mol. The van der Waals surface area contributed by atoms with Crippen molar-refractivity contribution in [3.63, 3.8) is 0 Å². The van der Waals surface area contributed by atoms with Gasteiger partial charge in [-0.1, -0.05) is 167 Å². The summed E-state index contributed by atoms with van der Waals surface area (Å²) in [7, 11) is 0. The van der Waals surface area contributed by atoms with Crippen LogP contribution in [0, 0.1) is 22.7 Å². The smallest absolute Gasteiger partial charge is 0.0717 e. The summed E-state index contributed by atoms with van der Waals surface area (Å²) in [6.07, 6.45) is 1.07. The van der Waals surface area contributed by atoms with Crippen molar-refractivity contribution in [3.05, 3.63) is 95.2 Å². The van der Waals surface area contributed by atoms with Crippen molar-refractivity contribution in [1.29, 1.82) is 10.5 Å². The molecule has 2 heterocycles. The molecule has 0 saturated carbocycles. The number of hydrogen-bond donors (Lipinski definition) is 0. The van der Waals surface area contributed by atoms with Gasteiger partial charge in [0.1, 0.15) is 0 Å². The summed E-state index contributed by atoms with van der Waals surface area (Å²) in [6, 6.07) is 19.1. The molecule has 0 saturated heterocycles. The Kier molecular flexibility index (Phi) is 15.8. The van der Waals surface area contributed by atoms with E-state index in [0.717, 1.165) is 23.0 Å². The first-order valence-electron chi connectivity index (χ1n) is 17.7. The highest BCUT2D eigenvalue weighted by Gasteiger charge is 2.32. The highest BCUT2D eigenvalue weighted by Crippen LogP contribution is 2.66. The van der Waals surface area contributed by atoms with Gasteiger partial charge in [-0.15, -0.1) is 47.0 Å². The summed E-state index contributed by atoms with van der Waals surface area (Å²) < 4.78 is 8.03. The van der Waals surface area contributed by atoms with Crippen LogP contribution >= 0.6 is 94.1 Å². The Morgan fingerprint density at radius 3 is 0.962 bits per heavy atom. The number of thioether (sulfide) groups is 8. The molecule has 2 nitrogen and oxygen atoms in total. The van der Waals surface area contributed by atoms with E-state index in [-0.39, 0.29) is 21.7 Å². The van der Waals surface area contributed by atoms with E-state index >= 15 is 0 Å². The highest BCUT2D eigenvalue weighted by atomic mass is 32.3. The van der Waals surface area contributed by atoms with E-state index in [0.29, 0.717) is 12.8 Å². The van der Waals surface area contributed by atoms with Crippen LogP contribution in [-0.2, 0) is 33.2 Å². The molecule has 0 aromatic heterocycles. The van der Waals surface area contributed by atoms with E-state index in [4.69, 9.17) is 0 Å². The Morgan fingerprint density at radius 2 is 0.712 bits per heavy atom. The maximum Gasteiger partial charge on any atom is 0.0717 e. The molecule has 0 radical (unpaired) electrons. The molecule has 2 aliphatic heterocycles. The zero-order valence-electron chi connectivity index (χ0n) is 32.9. The summed E-state index contributed by atoms with van der Waals surface area (Å²) in [5.41, 5.74) is 8.70. The predicted octanol–water partition coefficient (Wildman–Crippen LogP) is 15.7. The first kappa shape index (κ1) is 44.2. The molecule has 10 heteroatoms.